The third-order valence-corrected chi connectivity index (χ3v) is 5.18. The lowest BCUT2D eigenvalue weighted by atomic mass is 9.91. The maximum atomic E-state index is 13.3. The van der Waals surface area contributed by atoms with Gasteiger partial charge in [-0.05, 0) is 30.7 Å². The van der Waals surface area contributed by atoms with Crippen LogP contribution >= 0.6 is 11.8 Å². The Bertz CT molecular complexity index is 457. The Morgan fingerprint density at radius 2 is 2.37 bits per heavy atom. The highest BCUT2D eigenvalue weighted by molar-refractivity contribution is 7.99. The summed E-state index contributed by atoms with van der Waals surface area (Å²) in [6, 6.07) is 4.73. The van der Waals surface area contributed by atoms with Crippen LogP contribution in [-0.2, 0) is 4.74 Å². The van der Waals surface area contributed by atoms with Crippen molar-refractivity contribution in [2.75, 3.05) is 18.1 Å². The van der Waals surface area contributed by atoms with Crippen LogP contribution in [0.1, 0.15) is 24.8 Å². The molecule has 2 fully saturated rings. The van der Waals surface area contributed by atoms with Gasteiger partial charge in [0.25, 0.3) is 0 Å². The minimum atomic E-state index is -0.237. The second-order valence-electron chi connectivity index (χ2n) is 5.48. The van der Waals surface area contributed by atoms with Gasteiger partial charge in [-0.25, -0.2) is 4.39 Å². The Morgan fingerprint density at radius 3 is 3.16 bits per heavy atom. The molecule has 2 aliphatic rings. The van der Waals surface area contributed by atoms with Crippen LogP contribution in [0.3, 0.4) is 0 Å². The van der Waals surface area contributed by atoms with Gasteiger partial charge in [-0.3, -0.25) is 0 Å². The van der Waals surface area contributed by atoms with Gasteiger partial charge in [-0.1, -0.05) is 6.07 Å². The quantitative estimate of drug-likeness (QED) is 0.826. The molecule has 1 aromatic carbocycles. The van der Waals surface area contributed by atoms with E-state index in [0.717, 1.165) is 37.2 Å². The van der Waals surface area contributed by atoms with E-state index in [1.54, 1.807) is 6.07 Å². The Kier molecular flexibility index (Phi) is 3.72. The summed E-state index contributed by atoms with van der Waals surface area (Å²) >= 11 is 1.95. The number of hydrogen-bond acceptors (Lipinski definition) is 3. The zero-order valence-electron chi connectivity index (χ0n) is 11.2. The summed E-state index contributed by atoms with van der Waals surface area (Å²) in [6.07, 6.45) is 3.07. The normalized spacial score (nSPS) is 30.7. The van der Waals surface area contributed by atoms with Crippen molar-refractivity contribution in [2.24, 2.45) is 0 Å². The van der Waals surface area contributed by atoms with Crippen molar-refractivity contribution in [3.8, 4) is 5.75 Å². The van der Waals surface area contributed by atoms with E-state index in [1.165, 1.54) is 17.9 Å². The molecule has 1 aromatic rings. The summed E-state index contributed by atoms with van der Waals surface area (Å²) in [4.78, 5) is 0. The molecule has 0 radical (unpaired) electrons. The third-order valence-electron chi connectivity index (χ3n) is 3.96. The molecular formula is C15H19FO2S. The van der Waals surface area contributed by atoms with E-state index in [-0.39, 0.29) is 17.5 Å². The van der Waals surface area contributed by atoms with E-state index in [4.69, 9.17) is 9.47 Å². The molecular weight excluding hydrogens is 263 g/mol. The second kappa shape index (κ2) is 5.33. The number of benzene rings is 1. The standard InChI is InChI=1S/C15H19FO2S/c1-11-2-3-12(16)8-14(11)18-13-4-6-17-15(9-13)5-7-19-10-15/h2-3,8,13H,4-7,9-10H2,1H3. The second-order valence-corrected chi connectivity index (χ2v) is 6.58. The molecule has 0 N–H and O–H groups in total. The zero-order valence-corrected chi connectivity index (χ0v) is 12.0. The topological polar surface area (TPSA) is 18.5 Å². The fourth-order valence-electron chi connectivity index (χ4n) is 2.83. The highest BCUT2D eigenvalue weighted by Gasteiger charge is 2.41. The summed E-state index contributed by atoms with van der Waals surface area (Å²) in [5.74, 6) is 2.67. The van der Waals surface area contributed by atoms with Crippen LogP contribution in [0.5, 0.6) is 5.75 Å². The van der Waals surface area contributed by atoms with E-state index < -0.39 is 0 Å². The number of thioether (sulfide) groups is 1. The molecule has 2 atom stereocenters. The van der Waals surface area contributed by atoms with Crippen molar-refractivity contribution in [3.05, 3.63) is 29.6 Å². The van der Waals surface area contributed by atoms with E-state index in [2.05, 4.69) is 0 Å². The zero-order chi connectivity index (χ0) is 13.3. The first kappa shape index (κ1) is 13.3. The van der Waals surface area contributed by atoms with Crippen LogP contribution in [0.2, 0.25) is 0 Å². The lowest BCUT2D eigenvalue weighted by Crippen LogP contribution is -2.43. The Morgan fingerprint density at radius 1 is 1.47 bits per heavy atom. The SMILES string of the molecule is Cc1ccc(F)cc1OC1CCOC2(CCSC2)C1. The molecule has 0 aliphatic carbocycles. The summed E-state index contributed by atoms with van der Waals surface area (Å²) in [7, 11) is 0. The summed E-state index contributed by atoms with van der Waals surface area (Å²) in [5.41, 5.74) is 0.997. The summed E-state index contributed by atoms with van der Waals surface area (Å²) < 4.78 is 25.3. The predicted octanol–water partition coefficient (Wildman–Crippen LogP) is 3.57. The van der Waals surface area contributed by atoms with Crippen molar-refractivity contribution in [2.45, 2.75) is 37.9 Å². The molecule has 19 heavy (non-hydrogen) atoms. The molecule has 0 saturated carbocycles. The van der Waals surface area contributed by atoms with Crippen LogP contribution in [-0.4, -0.2) is 29.8 Å². The first-order chi connectivity index (χ1) is 9.17. The fraction of sp³-hybridized carbons (Fsp3) is 0.600. The van der Waals surface area contributed by atoms with Crippen LogP contribution < -0.4 is 4.74 Å². The Labute approximate surface area is 117 Å². The van der Waals surface area contributed by atoms with Gasteiger partial charge in [0.2, 0.25) is 0 Å². The van der Waals surface area contributed by atoms with Crippen LogP contribution in [0.15, 0.2) is 18.2 Å². The van der Waals surface area contributed by atoms with Crippen LogP contribution in [0.25, 0.3) is 0 Å². The average molecular weight is 282 g/mol. The van der Waals surface area contributed by atoms with Gasteiger partial charge in [0.15, 0.2) is 0 Å². The van der Waals surface area contributed by atoms with Gasteiger partial charge < -0.3 is 9.47 Å². The molecule has 0 amide bonds. The van der Waals surface area contributed by atoms with Crippen molar-refractivity contribution < 1.29 is 13.9 Å². The molecule has 0 aromatic heterocycles. The number of halogens is 1. The van der Waals surface area contributed by atoms with Gasteiger partial charge in [0.05, 0.1) is 12.2 Å². The van der Waals surface area contributed by atoms with Gasteiger partial charge in [-0.2, -0.15) is 11.8 Å². The molecule has 4 heteroatoms. The lowest BCUT2D eigenvalue weighted by Gasteiger charge is -2.37. The summed E-state index contributed by atoms with van der Waals surface area (Å²) in [6.45, 7) is 2.70. The van der Waals surface area contributed by atoms with Gasteiger partial charge in [0.1, 0.15) is 17.7 Å². The van der Waals surface area contributed by atoms with Crippen LogP contribution in [0, 0.1) is 12.7 Å². The lowest BCUT2D eigenvalue weighted by molar-refractivity contribution is -0.0960. The number of ether oxygens (including phenoxy) is 2. The smallest absolute Gasteiger partial charge is 0.126 e. The van der Waals surface area contributed by atoms with E-state index in [9.17, 15) is 4.39 Å². The van der Waals surface area contributed by atoms with Crippen molar-refractivity contribution >= 4 is 11.8 Å². The molecule has 2 unspecified atom stereocenters. The highest BCUT2D eigenvalue weighted by Crippen LogP contribution is 2.39. The maximum Gasteiger partial charge on any atom is 0.126 e. The number of aryl methyl sites for hydroxylation is 1. The predicted molar refractivity (Wildman–Crippen MR) is 75.4 cm³/mol. The molecule has 1 spiro atoms. The van der Waals surface area contributed by atoms with Crippen molar-refractivity contribution in [1.29, 1.82) is 0 Å². The van der Waals surface area contributed by atoms with E-state index in [0.29, 0.717) is 5.75 Å². The molecule has 2 saturated heterocycles. The van der Waals surface area contributed by atoms with Gasteiger partial charge in [0, 0.05) is 24.7 Å². The maximum absolute atomic E-state index is 13.3. The molecule has 2 nitrogen and oxygen atoms in total. The van der Waals surface area contributed by atoms with Gasteiger partial charge >= 0.3 is 0 Å². The Balaban J connectivity index is 1.70. The Hall–Kier alpha value is -0.740. The average Bonchev–Trinajstić information content (AvgIpc) is 2.82. The van der Waals surface area contributed by atoms with Crippen molar-refractivity contribution in [3.63, 3.8) is 0 Å². The molecule has 3 rings (SSSR count). The summed E-state index contributed by atoms with van der Waals surface area (Å²) in [5, 5.41) is 0. The highest BCUT2D eigenvalue weighted by atomic mass is 32.2. The fourth-order valence-corrected chi connectivity index (χ4v) is 4.21. The van der Waals surface area contributed by atoms with Gasteiger partial charge in [-0.15, -0.1) is 0 Å². The van der Waals surface area contributed by atoms with Crippen LogP contribution in [0.4, 0.5) is 4.39 Å². The third kappa shape index (κ3) is 2.90. The number of rotatable bonds is 2. The largest absolute Gasteiger partial charge is 0.490 e. The minimum absolute atomic E-state index is 0.00874. The monoisotopic (exact) mass is 282 g/mol. The van der Waals surface area contributed by atoms with E-state index >= 15 is 0 Å². The first-order valence-electron chi connectivity index (χ1n) is 6.81. The van der Waals surface area contributed by atoms with E-state index in [1.807, 2.05) is 18.7 Å². The number of hydrogen-bond donors (Lipinski definition) is 0. The van der Waals surface area contributed by atoms with Crippen molar-refractivity contribution in [1.82, 2.24) is 0 Å². The molecule has 0 bridgehead atoms. The molecule has 2 heterocycles. The molecule has 2 aliphatic heterocycles. The minimum Gasteiger partial charge on any atom is -0.490 e. The first-order valence-corrected chi connectivity index (χ1v) is 7.97. The molecule has 104 valence electrons.